The molecule has 0 saturated heterocycles. The summed E-state index contributed by atoms with van der Waals surface area (Å²) in [7, 11) is -3.57. The zero-order valence-electron chi connectivity index (χ0n) is 17.1. The number of nitrogens with one attached hydrogen (secondary N) is 1. The fraction of sp³-hybridized carbons (Fsp3) is 0.250. The highest BCUT2D eigenvalue weighted by molar-refractivity contribution is 7.85. The van der Waals surface area contributed by atoms with Crippen LogP contribution >= 0.6 is 0 Å². The van der Waals surface area contributed by atoms with Gasteiger partial charge < -0.3 is 10.4 Å². The maximum absolute atomic E-state index is 11.3. The quantitative estimate of drug-likeness (QED) is 0.348. The zero-order valence-corrected chi connectivity index (χ0v) is 17.9. The van der Waals surface area contributed by atoms with E-state index in [1.807, 2.05) is 12.1 Å². The van der Waals surface area contributed by atoms with Crippen molar-refractivity contribution in [1.82, 2.24) is 5.32 Å². The summed E-state index contributed by atoms with van der Waals surface area (Å²) in [4.78, 5) is 0. The molecule has 4 aromatic rings. The first-order chi connectivity index (χ1) is 14.3. The highest BCUT2D eigenvalue weighted by atomic mass is 32.2. The maximum atomic E-state index is 11.3. The zero-order chi connectivity index (χ0) is 21.4. The van der Waals surface area contributed by atoms with E-state index in [0.717, 1.165) is 22.6 Å². The van der Waals surface area contributed by atoms with Gasteiger partial charge in [0.15, 0.2) is 0 Å². The number of hydrogen-bond donors (Lipinski definition) is 2. The van der Waals surface area contributed by atoms with E-state index in [9.17, 15) is 13.5 Å². The Kier molecular flexibility index (Phi) is 5.51. The third-order valence-corrected chi connectivity index (χ3v) is 6.01. The first-order valence-electron chi connectivity index (χ1n) is 9.81. The van der Waals surface area contributed by atoms with Gasteiger partial charge in [-0.25, -0.2) is 0 Å². The van der Waals surface area contributed by atoms with Crippen LogP contribution in [0.1, 0.15) is 12.5 Å². The van der Waals surface area contributed by atoms with E-state index in [4.69, 9.17) is 4.18 Å². The number of benzene rings is 4. The van der Waals surface area contributed by atoms with Gasteiger partial charge in [-0.2, -0.15) is 8.42 Å². The molecule has 0 bridgehead atoms. The summed E-state index contributed by atoms with van der Waals surface area (Å²) >= 11 is 0. The molecular weight excluding hydrogens is 398 g/mol. The lowest BCUT2D eigenvalue weighted by atomic mass is 9.96. The van der Waals surface area contributed by atoms with Crippen LogP contribution in [-0.2, 0) is 20.8 Å². The molecule has 2 N–H and O–H groups in total. The molecule has 4 rings (SSSR count). The van der Waals surface area contributed by atoms with Crippen LogP contribution in [-0.4, -0.2) is 38.5 Å². The summed E-state index contributed by atoms with van der Waals surface area (Å²) in [6.07, 6.45) is 1.00. The van der Waals surface area contributed by atoms with Crippen molar-refractivity contribution in [3.63, 3.8) is 0 Å². The molecule has 0 aromatic heterocycles. The van der Waals surface area contributed by atoms with Gasteiger partial charge in [-0.05, 0) is 50.9 Å². The van der Waals surface area contributed by atoms with E-state index >= 15 is 0 Å². The molecule has 156 valence electrons. The topological polar surface area (TPSA) is 75.6 Å². The third kappa shape index (κ3) is 4.32. The Balaban J connectivity index is 1.67. The molecule has 0 heterocycles. The number of hydrogen-bond acceptors (Lipinski definition) is 5. The van der Waals surface area contributed by atoms with Crippen molar-refractivity contribution in [2.75, 3.05) is 19.5 Å². The molecule has 0 spiro atoms. The van der Waals surface area contributed by atoms with E-state index in [0.29, 0.717) is 6.54 Å². The fourth-order valence-electron chi connectivity index (χ4n) is 3.68. The molecule has 4 aromatic carbocycles. The van der Waals surface area contributed by atoms with Gasteiger partial charge in [0, 0.05) is 6.54 Å². The van der Waals surface area contributed by atoms with Crippen molar-refractivity contribution < 1.29 is 17.7 Å². The number of aliphatic hydroxyl groups excluding tert-OH is 1. The number of fused-ring (bicyclic) bond motifs is 5. The molecule has 6 heteroatoms. The van der Waals surface area contributed by atoms with Gasteiger partial charge in [0.25, 0.3) is 10.1 Å². The highest BCUT2D eigenvalue weighted by Crippen LogP contribution is 2.31. The van der Waals surface area contributed by atoms with E-state index in [1.165, 1.54) is 21.5 Å². The predicted molar refractivity (Wildman–Crippen MR) is 122 cm³/mol. The summed E-state index contributed by atoms with van der Waals surface area (Å²) in [5, 5.41) is 20.1. The standard InChI is InChI=1S/C24H25NO4S/c1-24(15-26,16-29-30(2,27)28)25-14-17-7-8-19-10-11-21-20-6-4-3-5-18(20)9-12-22(21)23(19)13-17/h3-13,25-26H,14-16H2,1-2H3. The largest absolute Gasteiger partial charge is 0.394 e. The number of aliphatic hydroxyl groups is 1. The molecule has 0 saturated carbocycles. The summed E-state index contributed by atoms with van der Waals surface area (Å²) in [5.74, 6) is 0. The first-order valence-corrected chi connectivity index (χ1v) is 11.6. The van der Waals surface area contributed by atoms with Crippen LogP contribution in [0.3, 0.4) is 0 Å². The average Bonchev–Trinajstić information content (AvgIpc) is 2.75. The number of rotatable bonds is 7. The van der Waals surface area contributed by atoms with Crippen LogP contribution in [0.5, 0.6) is 0 Å². The smallest absolute Gasteiger partial charge is 0.264 e. The minimum atomic E-state index is -3.57. The van der Waals surface area contributed by atoms with Crippen molar-refractivity contribution >= 4 is 42.4 Å². The van der Waals surface area contributed by atoms with Gasteiger partial charge in [-0.1, -0.05) is 60.7 Å². The fourth-order valence-corrected chi connectivity index (χ4v) is 4.15. The molecule has 1 unspecified atom stereocenters. The van der Waals surface area contributed by atoms with Crippen molar-refractivity contribution in [1.29, 1.82) is 0 Å². The molecule has 1 atom stereocenters. The molecule has 0 amide bonds. The minimum absolute atomic E-state index is 0.134. The first kappa shape index (κ1) is 20.8. The van der Waals surface area contributed by atoms with Gasteiger partial charge in [-0.3, -0.25) is 4.18 Å². The molecule has 0 aliphatic rings. The van der Waals surface area contributed by atoms with E-state index in [1.54, 1.807) is 6.92 Å². The van der Waals surface area contributed by atoms with Crippen LogP contribution in [0.4, 0.5) is 0 Å². The van der Waals surface area contributed by atoms with E-state index in [2.05, 4.69) is 59.9 Å². The van der Waals surface area contributed by atoms with Gasteiger partial charge >= 0.3 is 0 Å². The Labute approximate surface area is 176 Å². The molecule has 5 nitrogen and oxygen atoms in total. The summed E-state index contributed by atoms with van der Waals surface area (Å²) in [6.45, 7) is 1.83. The van der Waals surface area contributed by atoms with Crippen LogP contribution in [0.15, 0.2) is 66.7 Å². The molecule has 30 heavy (non-hydrogen) atoms. The normalized spacial score (nSPS) is 14.4. The molecular formula is C24H25NO4S. The van der Waals surface area contributed by atoms with Gasteiger partial charge in [-0.15, -0.1) is 0 Å². The van der Waals surface area contributed by atoms with Gasteiger partial charge in [0.05, 0.1) is 25.0 Å². The molecule has 0 aliphatic heterocycles. The lowest BCUT2D eigenvalue weighted by molar-refractivity contribution is 0.118. The summed E-state index contributed by atoms with van der Waals surface area (Å²) in [5.41, 5.74) is 0.176. The Hall–Kier alpha value is -2.51. The van der Waals surface area contributed by atoms with Crippen molar-refractivity contribution in [3.05, 3.63) is 72.3 Å². The summed E-state index contributed by atoms with van der Waals surface area (Å²) < 4.78 is 27.5. The van der Waals surface area contributed by atoms with Crippen molar-refractivity contribution in [2.24, 2.45) is 0 Å². The highest BCUT2D eigenvalue weighted by Gasteiger charge is 2.25. The van der Waals surface area contributed by atoms with Gasteiger partial charge in [0.2, 0.25) is 0 Å². The minimum Gasteiger partial charge on any atom is -0.394 e. The lowest BCUT2D eigenvalue weighted by Gasteiger charge is -2.28. The Bertz CT molecular complexity index is 1330. The third-order valence-electron chi connectivity index (χ3n) is 5.47. The van der Waals surface area contributed by atoms with Crippen LogP contribution in [0.2, 0.25) is 0 Å². The van der Waals surface area contributed by atoms with Crippen molar-refractivity contribution in [3.8, 4) is 0 Å². The average molecular weight is 424 g/mol. The Morgan fingerprint density at radius 3 is 2.23 bits per heavy atom. The maximum Gasteiger partial charge on any atom is 0.264 e. The molecule has 0 aliphatic carbocycles. The van der Waals surface area contributed by atoms with Gasteiger partial charge in [0.1, 0.15) is 0 Å². The molecule has 0 fully saturated rings. The lowest BCUT2D eigenvalue weighted by Crippen LogP contribution is -2.49. The SMILES string of the molecule is CC(CO)(COS(C)(=O)=O)NCc1ccc2ccc3c4ccccc4ccc3c2c1. The Morgan fingerprint density at radius 1 is 0.900 bits per heavy atom. The second-order valence-corrected chi connectivity index (χ2v) is 9.69. The summed E-state index contributed by atoms with van der Waals surface area (Å²) in [6, 6.07) is 23.3. The second-order valence-electron chi connectivity index (χ2n) is 8.04. The van der Waals surface area contributed by atoms with Crippen LogP contribution in [0.25, 0.3) is 32.3 Å². The predicted octanol–water partition coefficient (Wildman–Crippen LogP) is 3.96. The van der Waals surface area contributed by atoms with Crippen LogP contribution in [0, 0.1) is 0 Å². The second kappa shape index (κ2) is 7.96. The van der Waals surface area contributed by atoms with E-state index < -0.39 is 15.7 Å². The van der Waals surface area contributed by atoms with Crippen LogP contribution < -0.4 is 5.32 Å². The van der Waals surface area contributed by atoms with Crippen molar-refractivity contribution in [2.45, 2.75) is 19.0 Å². The monoisotopic (exact) mass is 423 g/mol. The van der Waals surface area contributed by atoms with E-state index in [-0.39, 0.29) is 13.2 Å². The molecule has 0 radical (unpaired) electrons. The Morgan fingerprint density at radius 2 is 1.53 bits per heavy atom.